The Balaban J connectivity index is 1.86. The zero-order valence-corrected chi connectivity index (χ0v) is 15.3. The summed E-state index contributed by atoms with van der Waals surface area (Å²) in [4.78, 5) is 0. The number of aryl methyl sites for hydroxylation is 3. The first-order valence-corrected chi connectivity index (χ1v) is 8.95. The Bertz CT molecular complexity index is 783. The molecule has 0 aliphatic rings. The van der Waals surface area contributed by atoms with Crippen molar-refractivity contribution in [2.75, 3.05) is 6.61 Å². The minimum absolute atomic E-state index is 0.352. The van der Waals surface area contributed by atoms with Crippen LogP contribution >= 0.6 is 0 Å². The van der Waals surface area contributed by atoms with Gasteiger partial charge in [0.05, 0.1) is 6.61 Å². The average Bonchev–Trinajstić information content (AvgIpc) is 2.61. The fourth-order valence-electron chi connectivity index (χ4n) is 3.72. The van der Waals surface area contributed by atoms with Crippen LogP contribution in [0.3, 0.4) is 0 Å². The van der Waals surface area contributed by atoms with Crippen molar-refractivity contribution in [3.63, 3.8) is 0 Å². The molecule has 1 nitrogen and oxygen atoms in total. The van der Waals surface area contributed by atoms with E-state index in [0.717, 1.165) is 12.2 Å². The molecule has 0 saturated carbocycles. The molecule has 0 N–H and O–H groups in total. The molecule has 0 bridgehead atoms. The van der Waals surface area contributed by atoms with Gasteiger partial charge in [-0.1, -0.05) is 66.2 Å². The van der Waals surface area contributed by atoms with Crippen molar-refractivity contribution in [1.82, 2.24) is 0 Å². The Morgan fingerprint density at radius 1 is 0.760 bits per heavy atom. The number of benzene rings is 3. The van der Waals surface area contributed by atoms with E-state index in [2.05, 4.69) is 63.2 Å². The number of hydrogen-bond acceptors (Lipinski definition) is 1. The van der Waals surface area contributed by atoms with Gasteiger partial charge in [-0.25, -0.2) is 0 Å². The molecule has 1 unspecified atom stereocenters. The van der Waals surface area contributed by atoms with Gasteiger partial charge in [-0.2, -0.15) is 0 Å². The third-order valence-corrected chi connectivity index (χ3v) is 4.71. The van der Waals surface area contributed by atoms with E-state index >= 15 is 0 Å². The summed E-state index contributed by atoms with van der Waals surface area (Å²) in [6.45, 7) is 7.32. The van der Waals surface area contributed by atoms with Gasteiger partial charge in [0.15, 0.2) is 0 Å². The van der Waals surface area contributed by atoms with Crippen molar-refractivity contribution in [2.45, 2.75) is 33.1 Å². The lowest BCUT2D eigenvalue weighted by Gasteiger charge is -2.23. The summed E-state index contributed by atoms with van der Waals surface area (Å²) < 4.78 is 5.98. The lowest BCUT2D eigenvalue weighted by Crippen LogP contribution is -2.10. The summed E-state index contributed by atoms with van der Waals surface area (Å²) in [6, 6.07) is 25.4. The van der Waals surface area contributed by atoms with E-state index in [0.29, 0.717) is 12.5 Å². The van der Waals surface area contributed by atoms with Crippen LogP contribution in [0, 0.1) is 20.8 Å². The molecule has 3 aromatic rings. The van der Waals surface area contributed by atoms with Gasteiger partial charge < -0.3 is 4.74 Å². The quantitative estimate of drug-likeness (QED) is 0.522. The molecule has 0 aromatic heterocycles. The van der Waals surface area contributed by atoms with Crippen LogP contribution in [-0.4, -0.2) is 6.61 Å². The highest BCUT2D eigenvalue weighted by Crippen LogP contribution is 2.33. The Labute approximate surface area is 151 Å². The maximum Gasteiger partial charge on any atom is 0.119 e. The second-order valence-electron chi connectivity index (χ2n) is 6.73. The number of rotatable bonds is 6. The van der Waals surface area contributed by atoms with Crippen molar-refractivity contribution in [3.8, 4) is 5.75 Å². The molecule has 1 atom stereocenters. The van der Waals surface area contributed by atoms with Crippen molar-refractivity contribution in [1.29, 1.82) is 0 Å². The minimum atomic E-state index is 0.352. The Hall–Kier alpha value is -2.54. The topological polar surface area (TPSA) is 9.23 Å². The normalized spacial score (nSPS) is 12.0. The van der Waals surface area contributed by atoms with Crippen LogP contribution in [0.4, 0.5) is 0 Å². The molecular formula is C24H26O. The van der Waals surface area contributed by atoms with Crippen LogP contribution < -0.4 is 4.74 Å². The highest BCUT2D eigenvalue weighted by Gasteiger charge is 2.19. The van der Waals surface area contributed by atoms with Crippen LogP contribution in [0.2, 0.25) is 0 Å². The van der Waals surface area contributed by atoms with E-state index < -0.39 is 0 Å². The van der Waals surface area contributed by atoms with Crippen LogP contribution in [-0.2, 0) is 0 Å². The first kappa shape index (κ1) is 17.3. The average molecular weight is 330 g/mol. The van der Waals surface area contributed by atoms with E-state index in [1.807, 2.05) is 30.3 Å². The molecule has 0 aliphatic heterocycles. The van der Waals surface area contributed by atoms with Crippen LogP contribution in [0.1, 0.15) is 40.2 Å². The van der Waals surface area contributed by atoms with E-state index in [4.69, 9.17) is 4.74 Å². The summed E-state index contributed by atoms with van der Waals surface area (Å²) in [7, 11) is 0. The van der Waals surface area contributed by atoms with Crippen molar-refractivity contribution in [2.24, 2.45) is 0 Å². The largest absolute Gasteiger partial charge is 0.494 e. The monoisotopic (exact) mass is 330 g/mol. The molecule has 1 heteroatoms. The van der Waals surface area contributed by atoms with Gasteiger partial charge in [-0.3, -0.25) is 0 Å². The summed E-state index contributed by atoms with van der Waals surface area (Å²) in [6.07, 6.45) is 0.962. The zero-order valence-electron chi connectivity index (χ0n) is 15.3. The molecule has 0 radical (unpaired) electrons. The summed E-state index contributed by atoms with van der Waals surface area (Å²) in [5.41, 5.74) is 6.85. The minimum Gasteiger partial charge on any atom is -0.494 e. The van der Waals surface area contributed by atoms with E-state index in [-0.39, 0.29) is 0 Å². The molecule has 0 fully saturated rings. The summed E-state index contributed by atoms with van der Waals surface area (Å²) >= 11 is 0. The summed E-state index contributed by atoms with van der Waals surface area (Å²) in [5, 5.41) is 0. The SMILES string of the molecule is Cc1cc(C)c(C(CCOc2ccccc2)c2ccccc2)c(C)c1. The lowest BCUT2D eigenvalue weighted by molar-refractivity contribution is 0.303. The van der Waals surface area contributed by atoms with E-state index in [1.165, 1.54) is 27.8 Å². The van der Waals surface area contributed by atoms with Crippen LogP contribution in [0.25, 0.3) is 0 Å². The maximum absolute atomic E-state index is 5.98. The van der Waals surface area contributed by atoms with Gasteiger partial charge in [-0.05, 0) is 61.6 Å². The summed E-state index contributed by atoms with van der Waals surface area (Å²) in [5.74, 6) is 1.29. The number of para-hydroxylation sites is 1. The van der Waals surface area contributed by atoms with E-state index in [9.17, 15) is 0 Å². The predicted molar refractivity (Wildman–Crippen MR) is 105 cm³/mol. The molecule has 0 heterocycles. The Kier molecular flexibility index (Phi) is 5.55. The first-order chi connectivity index (χ1) is 12.1. The van der Waals surface area contributed by atoms with E-state index in [1.54, 1.807) is 0 Å². The van der Waals surface area contributed by atoms with Crippen molar-refractivity contribution in [3.05, 3.63) is 101 Å². The Morgan fingerprint density at radius 3 is 1.92 bits per heavy atom. The molecule has 0 saturated heterocycles. The third-order valence-electron chi connectivity index (χ3n) is 4.71. The standard InChI is InChI=1S/C24H26O/c1-18-16-19(2)24(20(3)17-18)23(21-10-6-4-7-11-21)14-15-25-22-12-8-5-9-13-22/h4-13,16-17,23H,14-15H2,1-3H3. The first-order valence-electron chi connectivity index (χ1n) is 8.95. The second-order valence-corrected chi connectivity index (χ2v) is 6.73. The lowest BCUT2D eigenvalue weighted by atomic mass is 9.83. The van der Waals surface area contributed by atoms with Gasteiger partial charge in [0.1, 0.15) is 5.75 Å². The molecule has 128 valence electrons. The van der Waals surface area contributed by atoms with Crippen molar-refractivity contribution < 1.29 is 4.74 Å². The van der Waals surface area contributed by atoms with Crippen molar-refractivity contribution >= 4 is 0 Å². The molecule has 0 amide bonds. The van der Waals surface area contributed by atoms with Gasteiger partial charge in [-0.15, -0.1) is 0 Å². The Morgan fingerprint density at radius 2 is 1.32 bits per heavy atom. The second kappa shape index (κ2) is 8.02. The maximum atomic E-state index is 5.98. The number of hydrogen-bond donors (Lipinski definition) is 0. The molecule has 3 rings (SSSR count). The molecular weight excluding hydrogens is 304 g/mol. The fourth-order valence-corrected chi connectivity index (χ4v) is 3.72. The highest BCUT2D eigenvalue weighted by molar-refractivity contribution is 5.44. The smallest absolute Gasteiger partial charge is 0.119 e. The highest BCUT2D eigenvalue weighted by atomic mass is 16.5. The van der Waals surface area contributed by atoms with Gasteiger partial charge in [0, 0.05) is 5.92 Å². The number of ether oxygens (including phenoxy) is 1. The molecule has 0 spiro atoms. The third kappa shape index (κ3) is 4.30. The van der Waals surface area contributed by atoms with Gasteiger partial charge in [0.25, 0.3) is 0 Å². The van der Waals surface area contributed by atoms with Gasteiger partial charge >= 0.3 is 0 Å². The molecule has 3 aromatic carbocycles. The molecule has 25 heavy (non-hydrogen) atoms. The molecule has 0 aliphatic carbocycles. The zero-order chi connectivity index (χ0) is 17.6. The van der Waals surface area contributed by atoms with Crippen LogP contribution in [0.5, 0.6) is 5.75 Å². The predicted octanol–water partition coefficient (Wildman–Crippen LogP) is 6.21. The fraction of sp³-hybridized carbons (Fsp3) is 0.250. The van der Waals surface area contributed by atoms with Crippen LogP contribution in [0.15, 0.2) is 72.8 Å². The van der Waals surface area contributed by atoms with Gasteiger partial charge in [0.2, 0.25) is 0 Å².